The molecule has 30 heavy (non-hydrogen) atoms. The van der Waals surface area contributed by atoms with E-state index in [0.29, 0.717) is 21.8 Å². The van der Waals surface area contributed by atoms with Crippen molar-refractivity contribution < 1.29 is 22.7 Å². The Labute approximate surface area is 173 Å². The van der Waals surface area contributed by atoms with E-state index in [9.17, 15) is 22.7 Å². The lowest BCUT2D eigenvalue weighted by Gasteiger charge is -2.19. The number of hydrogen-bond acceptors (Lipinski definition) is 4. The summed E-state index contributed by atoms with van der Waals surface area (Å²) in [4.78, 5) is 5.93. The van der Waals surface area contributed by atoms with Crippen molar-refractivity contribution >= 4 is 22.7 Å². The van der Waals surface area contributed by atoms with Crippen molar-refractivity contribution in [2.75, 3.05) is 6.54 Å². The maximum Gasteiger partial charge on any atom is 0.416 e. The molecule has 0 amide bonds. The van der Waals surface area contributed by atoms with E-state index in [1.54, 1.807) is 23.6 Å². The zero-order valence-electron chi connectivity index (χ0n) is 15.4. The number of rotatable bonds is 4. The first-order chi connectivity index (χ1) is 14.2. The molecule has 154 valence electrons. The number of alkyl halides is 3. The van der Waals surface area contributed by atoms with Crippen molar-refractivity contribution in [1.29, 1.82) is 5.41 Å². The summed E-state index contributed by atoms with van der Waals surface area (Å²) < 4.78 is 51.9. The summed E-state index contributed by atoms with van der Waals surface area (Å²) >= 11 is 1.23. The Kier molecular flexibility index (Phi) is 5.07. The molecule has 1 aliphatic rings. The predicted molar refractivity (Wildman–Crippen MR) is 107 cm³/mol. The first kappa shape index (κ1) is 20.1. The Morgan fingerprint density at radius 1 is 1.13 bits per heavy atom. The number of amidine groups is 1. The fraction of sp³-hybridized carbons (Fsp3) is 0.143. The fourth-order valence-corrected chi connectivity index (χ4v) is 4.10. The summed E-state index contributed by atoms with van der Waals surface area (Å²) in [6, 6.07) is 10.7. The lowest BCUT2D eigenvalue weighted by atomic mass is 10.1. The minimum atomic E-state index is -4.45. The normalized spacial score (nSPS) is 14.7. The molecule has 0 atom stereocenters. The second-order valence-corrected chi connectivity index (χ2v) is 7.63. The van der Waals surface area contributed by atoms with Crippen LogP contribution in [0.2, 0.25) is 0 Å². The van der Waals surface area contributed by atoms with Crippen LogP contribution in [0, 0.1) is 11.2 Å². The van der Waals surface area contributed by atoms with Crippen molar-refractivity contribution in [2.24, 2.45) is 0 Å². The summed E-state index contributed by atoms with van der Waals surface area (Å²) in [7, 11) is 0. The van der Waals surface area contributed by atoms with Gasteiger partial charge in [-0.2, -0.15) is 13.2 Å². The van der Waals surface area contributed by atoms with Gasteiger partial charge in [0.2, 0.25) is 0 Å². The second-order valence-electron chi connectivity index (χ2n) is 6.77. The molecule has 0 saturated carbocycles. The van der Waals surface area contributed by atoms with Crippen molar-refractivity contribution in [1.82, 2.24) is 9.88 Å². The summed E-state index contributed by atoms with van der Waals surface area (Å²) in [6.07, 6.45) is -4.45. The van der Waals surface area contributed by atoms with E-state index >= 15 is 0 Å². The predicted octanol–water partition coefficient (Wildman–Crippen LogP) is 5.73. The lowest BCUT2D eigenvalue weighted by Crippen LogP contribution is -2.26. The number of nitrogens with zero attached hydrogens (tertiary/aromatic N) is 2. The number of thiazole rings is 1. The molecule has 4 nitrogen and oxygen atoms in total. The van der Waals surface area contributed by atoms with Gasteiger partial charge in [0.1, 0.15) is 22.4 Å². The Morgan fingerprint density at radius 3 is 2.57 bits per heavy atom. The summed E-state index contributed by atoms with van der Waals surface area (Å²) in [6.45, 7) is 0.0579. The zero-order valence-corrected chi connectivity index (χ0v) is 16.2. The van der Waals surface area contributed by atoms with Crippen LogP contribution in [0.5, 0.6) is 0 Å². The first-order valence-corrected chi connectivity index (χ1v) is 9.74. The maximum absolute atomic E-state index is 13.1. The van der Waals surface area contributed by atoms with Gasteiger partial charge in [-0.3, -0.25) is 5.41 Å². The Morgan fingerprint density at radius 2 is 1.87 bits per heavy atom. The Hall–Kier alpha value is -3.20. The van der Waals surface area contributed by atoms with Crippen molar-refractivity contribution in [2.45, 2.75) is 12.7 Å². The molecule has 0 radical (unpaired) electrons. The number of nitrogens with one attached hydrogen (secondary N) is 1. The number of hydrogen-bond donors (Lipinski definition) is 2. The van der Waals surface area contributed by atoms with Gasteiger partial charge in [0.15, 0.2) is 0 Å². The van der Waals surface area contributed by atoms with Crippen molar-refractivity contribution in [3.8, 4) is 11.3 Å². The minimum Gasteiger partial charge on any atom is -0.510 e. The highest BCUT2D eigenvalue weighted by molar-refractivity contribution is 7.11. The van der Waals surface area contributed by atoms with E-state index in [0.717, 1.165) is 12.1 Å². The molecule has 3 aromatic rings. The van der Waals surface area contributed by atoms with Crippen LogP contribution in [0.15, 0.2) is 59.7 Å². The molecule has 1 aromatic heterocycles. The van der Waals surface area contributed by atoms with Gasteiger partial charge in [-0.15, -0.1) is 11.3 Å². The SMILES string of the molecule is N=C1C(c2nc(-c3ccc(F)cc3)cs2)=C(O)CN1Cc1cccc(C(F)(F)F)c1. The quantitative estimate of drug-likeness (QED) is 0.517. The molecule has 9 heteroatoms. The molecule has 0 unspecified atom stereocenters. The third-order valence-electron chi connectivity index (χ3n) is 4.67. The van der Waals surface area contributed by atoms with E-state index in [1.807, 2.05) is 0 Å². The number of halogens is 4. The molecule has 4 rings (SSSR count). The molecule has 0 spiro atoms. The van der Waals surface area contributed by atoms with Gasteiger partial charge in [-0.25, -0.2) is 9.37 Å². The third-order valence-corrected chi connectivity index (χ3v) is 5.53. The van der Waals surface area contributed by atoms with Crippen molar-refractivity contribution in [3.63, 3.8) is 0 Å². The van der Waals surface area contributed by atoms with Crippen LogP contribution in [0.25, 0.3) is 16.8 Å². The minimum absolute atomic E-state index is 0.00934. The Bertz CT molecular complexity index is 1140. The standard InChI is InChI=1S/C21H15F4N3OS/c22-15-6-4-13(5-7-15)16-11-30-20(27-16)18-17(29)10-28(19(18)26)9-12-2-1-3-14(8-12)21(23,24)25/h1-8,11,26,29H,9-10H2. The highest BCUT2D eigenvalue weighted by Crippen LogP contribution is 2.34. The largest absolute Gasteiger partial charge is 0.510 e. The van der Waals surface area contributed by atoms with Crippen LogP contribution < -0.4 is 0 Å². The molecule has 1 aliphatic heterocycles. The molecule has 2 heterocycles. The van der Waals surface area contributed by atoms with Crippen LogP contribution in [-0.4, -0.2) is 27.4 Å². The molecule has 0 fully saturated rings. The molecule has 0 bridgehead atoms. The van der Waals surface area contributed by atoms with E-state index in [4.69, 9.17) is 5.41 Å². The molecule has 0 saturated heterocycles. The smallest absolute Gasteiger partial charge is 0.416 e. The average molecular weight is 433 g/mol. The molecule has 2 N–H and O–H groups in total. The van der Waals surface area contributed by atoms with Crippen LogP contribution in [0.4, 0.5) is 17.6 Å². The highest BCUT2D eigenvalue weighted by atomic mass is 32.1. The average Bonchev–Trinajstić information content (AvgIpc) is 3.27. The number of aromatic nitrogens is 1. The molecule has 0 aliphatic carbocycles. The highest BCUT2D eigenvalue weighted by Gasteiger charge is 2.32. The number of aliphatic hydroxyl groups excluding tert-OH is 1. The van der Waals surface area contributed by atoms with Crippen LogP contribution in [0.3, 0.4) is 0 Å². The Balaban J connectivity index is 1.54. The van der Waals surface area contributed by atoms with Gasteiger partial charge in [0, 0.05) is 17.5 Å². The maximum atomic E-state index is 13.1. The van der Waals surface area contributed by atoms with E-state index in [2.05, 4.69) is 4.98 Å². The monoisotopic (exact) mass is 433 g/mol. The summed E-state index contributed by atoms with van der Waals surface area (Å²) in [5, 5.41) is 21.0. The van der Waals surface area contributed by atoms with E-state index < -0.39 is 11.7 Å². The lowest BCUT2D eigenvalue weighted by molar-refractivity contribution is -0.137. The van der Waals surface area contributed by atoms with Gasteiger partial charge in [0.25, 0.3) is 0 Å². The summed E-state index contributed by atoms with van der Waals surface area (Å²) in [5.74, 6) is -0.436. The molecule has 2 aromatic carbocycles. The van der Waals surface area contributed by atoms with Crippen molar-refractivity contribution in [3.05, 3.63) is 81.6 Å². The second kappa shape index (κ2) is 7.56. The third kappa shape index (κ3) is 3.93. The van der Waals surface area contributed by atoms with Gasteiger partial charge in [-0.05, 0) is 42.0 Å². The zero-order chi connectivity index (χ0) is 21.5. The van der Waals surface area contributed by atoms with E-state index in [1.165, 1.54) is 34.4 Å². The summed E-state index contributed by atoms with van der Waals surface area (Å²) in [5.41, 5.74) is 1.16. The number of benzene rings is 2. The number of aliphatic hydroxyl groups is 1. The van der Waals surface area contributed by atoms with Gasteiger partial charge >= 0.3 is 6.18 Å². The van der Waals surface area contributed by atoms with Gasteiger partial charge in [0.05, 0.1) is 23.4 Å². The van der Waals surface area contributed by atoms with Crippen LogP contribution >= 0.6 is 11.3 Å². The topological polar surface area (TPSA) is 60.2 Å². The van der Waals surface area contributed by atoms with Crippen LogP contribution in [-0.2, 0) is 12.7 Å². The first-order valence-electron chi connectivity index (χ1n) is 8.86. The van der Waals surface area contributed by atoms with E-state index in [-0.39, 0.29) is 36.1 Å². The van der Waals surface area contributed by atoms with Gasteiger partial charge < -0.3 is 10.0 Å². The molecular weight excluding hydrogens is 418 g/mol. The fourth-order valence-electron chi connectivity index (χ4n) is 3.20. The molecular formula is C21H15F4N3OS. The van der Waals surface area contributed by atoms with Gasteiger partial charge in [-0.1, -0.05) is 12.1 Å². The van der Waals surface area contributed by atoms with Crippen LogP contribution in [0.1, 0.15) is 16.1 Å².